The lowest BCUT2D eigenvalue weighted by molar-refractivity contribution is 0.151. The maximum absolute atomic E-state index is 13.4. The summed E-state index contributed by atoms with van der Waals surface area (Å²) >= 11 is 0. The molecule has 0 amide bonds. The van der Waals surface area contributed by atoms with Gasteiger partial charge in [-0.05, 0) is 18.2 Å². The molecule has 0 radical (unpaired) electrons. The highest BCUT2D eigenvalue weighted by Crippen LogP contribution is 2.32. The van der Waals surface area contributed by atoms with Gasteiger partial charge in [0.2, 0.25) is 0 Å². The van der Waals surface area contributed by atoms with Crippen LogP contribution in [0, 0.1) is 0 Å². The first-order chi connectivity index (χ1) is 11.1. The van der Waals surface area contributed by atoms with Gasteiger partial charge in [-0.2, -0.15) is 0 Å². The molecule has 1 aliphatic rings. The van der Waals surface area contributed by atoms with E-state index in [4.69, 9.17) is 5.73 Å². The molecule has 1 fully saturated rings. The van der Waals surface area contributed by atoms with Crippen molar-refractivity contribution in [1.82, 2.24) is 20.0 Å². The van der Waals surface area contributed by atoms with Crippen molar-refractivity contribution in [3.63, 3.8) is 0 Å². The van der Waals surface area contributed by atoms with E-state index in [1.165, 1.54) is 16.9 Å². The van der Waals surface area contributed by atoms with E-state index in [0.29, 0.717) is 24.3 Å². The van der Waals surface area contributed by atoms with Gasteiger partial charge < -0.3 is 10.6 Å². The lowest BCUT2D eigenvalue weighted by Gasteiger charge is -2.38. The monoisotopic (exact) mass is 316 g/mol. The summed E-state index contributed by atoms with van der Waals surface area (Å²) in [6, 6.07) is 8.77. The first-order valence-electron chi connectivity index (χ1n) is 7.23. The van der Waals surface area contributed by atoms with Crippen molar-refractivity contribution in [1.29, 1.82) is 0 Å². The van der Waals surface area contributed by atoms with Crippen molar-refractivity contribution >= 4 is 16.9 Å². The van der Waals surface area contributed by atoms with E-state index in [9.17, 15) is 8.78 Å². The molecule has 3 aromatic rings. The third-order valence-corrected chi connectivity index (χ3v) is 3.92. The molecule has 8 heteroatoms. The van der Waals surface area contributed by atoms with Crippen LogP contribution < -0.4 is 10.6 Å². The summed E-state index contributed by atoms with van der Waals surface area (Å²) in [5, 5.41) is 8.07. The molecular weight excluding hydrogens is 302 g/mol. The second-order valence-electron chi connectivity index (χ2n) is 5.56. The number of halogens is 2. The van der Waals surface area contributed by atoms with Crippen LogP contribution in [0.3, 0.4) is 0 Å². The average molecular weight is 316 g/mol. The summed E-state index contributed by atoms with van der Waals surface area (Å²) < 4.78 is 28.4. The van der Waals surface area contributed by atoms with Crippen molar-refractivity contribution in [3.05, 3.63) is 42.1 Å². The largest absolute Gasteiger partial charge is 0.353 e. The Kier molecular flexibility index (Phi) is 3.19. The van der Waals surface area contributed by atoms with Crippen molar-refractivity contribution < 1.29 is 8.78 Å². The van der Waals surface area contributed by atoms with Gasteiger partial charge in [-0.15, -0.1) is 5.10 Å². The first kappa shape index (κ1) is 14.0. The standard InChI is InChI=1S/C15H14F2N6/c16-14(17)11-5-10(6-19-15(11)22-7-9(18)8-22)23-13-4-2-1-3-12(13)20-21-23/h1-6,9,14H,7-8,18H2. The molecular formula is C15H14F2N6. The highest BCUT2D eigenvalue weighted by atomic mass is 19.3. The van der Waals surface area contributed by atoms with E-state index in [0.717, 1.165) is 5.52 Å². The normalized spacial score (nSPS) is 15.4. The van der Waals surface area contributed by atoms with E-state index in [-0.39, 0.29) is 17.4 Å². The van der Waals surface area contributed by atoms with Gasteiger partial charge in [0, 0.05) is 19.1 Å². The molecule has 1 saturated heterocycles. The van der Waals surface area contributed by atoms with Gasteiger partial charge in [0.1, 0.15) is 11.3 Å². The minimum Gasteiger partial charge on any atom is -0.353 e. The Labute approximate surface area is 130 Å². The van der Waals surface area contributed by atoms with Crippen LogP contribution in [-0.2, 0) is 0 Å². The Morgan fingerprint density at radius 3 is 2.74 bits per heavy atom. The second kappa shape index (κ2) is 5.24. The number of alkyl halides is 2. The quantitative estimate of drug-likeness (QED) is 0.799. The molecule has 1 aliphatic heterocycles. The number of hydrogen-bond donors (Lipinski definition) is 1. The minimum absolute atomic E-state index is 0.0151. The number of para-hydroxylation sites is 1. The SMILES string of the molecule is NC1CN(c2ncc(-n3nnc4ccccc43)cc2C(F)F)C1. The van der Waals surface area contributed by atoms with Crippen molar-refractivity contribution in [3.8, 4) is 5.69 Å². The topological polar surface area (TPSA) is 72.9 Å². The van der Waals surface area contributed by atoms with Gasteiger partial charge in [0.15, 0.2) is 0 Å². The minimum atomic E-state index is -2.62. The number of pyridine rings is 1. The molecule has 0 bridgehead atoms. The lowest BCUT2D eigenvalue weighted by atomic mass is 10.1. The summed E-state index contributed by atoms with van der Waals surface area (Å²) in [7, 11) is 0. The maximum Gasteiger partial charge on any atom is 0.267 e. The zero-order valence-corrected chi connectivity index (χ0v) is 12.1. The number of nitrogens with two attached hydrogens (primary N) is 1. The molecule has 0 unspecified atom stereocenters. The Bertz CT molecular complexity index is 856. The van der Waals surface area contributed by atoms with Gasteiger partial charge in [-0.25, -0.2) is 18.4 Å². The summed E-state index contributed by atoms with van der Waals surface area (Å²) in [6.45, 7) is 1.08. The Balaban J connectivity index is 1.79. The van der Waals surface area contributed by atoms with Crippen LogP contribution in [0.1, 0.15) is 12.0 Å². The van der Waals surface area contributed by atoms with E-state index < -0.39 is 6.43 Å². The van der Waals surface area contributed by atoms with Crippen molar-refractivity contribution in [2.45, 2.75) is 12.5 Å². The third kappa shape index (κ3) is 2.31. The molecule has 118 valence electrons. The van der Waals surface area contributed by atoms with Gasteiger partial charge in [0.25, 0.3) is 6.43 Å². The first-order valence-corrected chi connectivity index (χ1v) is 7.23. The van der Waals surface area contributed by atoms with Crippen LogP contribution in [0.4, 0.5) is 14.6 Å². The molecule has 23 heavy (non-hydrogen) atoms. The molecule has 2 N–H and O–H groups in total. The number of rotatable bonds is 3. The van der Waals surface area contributed by atoms with Crippen LogP contribution in [0.2, 0.25) is 0 Å². The fraction of sp³-hybridized carbons (Fsp3) is 0.267. The van der Waals surface area contributed by atoms with Gasteiger partial charge in [-0.1, -0.05) is 17.3 Å². The number of aromatic nitrogens is 4. The molecule has 6 nitrogen and oxygen atoms in total. The summed E-state index contributed by atoms with van der Waals surface area (Å²) in [5.41, 5.74) is 7.51. The lowest BCUT2D eigenvalue weighted by Crippen LogP contribution is -2.56. The molecule has 0 aliphatic carbocycles. The third-order valence-electron chi connectivity index (χ3n) is 3.92. The Morgan fingerprint density at radius 1 is 1.22 bits per heavy atom. The summed E-state index contributed by atoms with van der Waals surface area (Å²) in [5.74, 6) is 0.287. The zero-order valence-electron chi connectivity index (χ0n) is 12.1. The number of anilines is 1. The number of hydrogen-bond acceptors (Lipinski definition) is 5. The fourth-order valence-electron chi connectivity index (χ4n) is 2.75. The van der Waals surface area contributed by atoms with E-state index in [1.807, 2.05) is 24.3 Å². The number of fused-ring (bicyclic) bond motifs is 1. The average Bonchev–Trinajstić information content (AvgIpc) is 2.95. The molecule has 1 aromatic carbocycles. The van der Waals surface area contributed by atoms with E-state index in [2.05, 4.69) is 15.3 Å². The highest BCUT2D eigenvalue weighted by Gasteiger charge is 2.29. The van der Waals surface area contributed by atoms with Crippen LogP contribution in [0.15, 0.2) is 36.5 Å². The Morgan fingerprint density at radius 2 is 2.00 bits per heavy atom. The molecule has 3 heterocycles. The van der Waals surface area contributed by atoms with Crippen LogP contribution in [0.5, 0.6) is 0 Å². The summed E-state index contributed by atoms with van der Waals surface area (Å²) in [4.78, 5) is 5.98. The van der Waals surface area contributed by atoms with Crippen molar-refractivity contribution in [2.24, 2.45) is 5.73 Å². The van der Waals surface area contributed by atoms with Crippen LogP contribution in [0.25, 0.3) is 16.7 Å². The number of nitrogens with zero attached hydrogens (tertiary/aromatic N) is 5. The molecule has 2 aromatic heterocycles. The zero-order chi connectivity index (χ0) is 16.0. The maximum atomic E-state index is 13.4. The second-order valence-corrected chi connectivity index (χ2v) is 5.56. The molecule has 0 saturated carbocycles. The van der Waals surface area contributed by atoms with Gasteiger partial charge in [0.05, 0.1) is 23.0 Å². The fourth-order valence-corrected chi connectivity index (χ4v) is 2.75. The van der Waals surface area contributed by atoms with Gasteiger partial charge >= 0.3 is 0 Å². The molecule has 0 spiro atoms. The molecule has 4 rings (SSSR count). The smallest absolute Gasteiger partial charge is 0.267 e. The van der Waals surface area contributed by atoms with Crippen LogP contribution >= 0.6 is 0 Å². The van der Waals surface area contributed by atoms with E-state index in [1.54, 1.807) is 4.90 Å². The number of benzene rings is 1. The highest BCUT2D eigenvalue weighted by molar-refractivity contribution is 5.76. The summed E-state index contributed by atoms with van der Waals surface area (Å²) in [6.07, 6.45) is -1.09. The molecule has 0 atom stereocenters. The predicted molar refractivity (Wildman–Crippen MR) is 81.8 cm³/mol. The van der Waals surface area contributed by atoms with Crippen LogP contribution in [-0.4, -0.2) is 39.1 Å². The van der Waals surface area contributed by atoms with Gasteiger partial charge in [-0.3, -0.25) is 0 Å². The van der Waals surface area contributed by atoms with E-state index >= 15 is 0 Å². The Hall–Kier alpha value is -2.61. The predicted octanol–water partition coefficient (Wildman–Crippen LogP) is 1.90. The van der Waals surface area contributed by atoms with Crippen molar-refractivity contribution in [2.75, 3.05) is 18.0 Å².